The zero-order valence-electron chi connectivity index (χ0n) is 14.1. The molecule has 124 valence electrons. The first-order valence-corrected chi connectivity index (χ1v) is 8.51. The number of rotatable bonds is 3. The number of fused-ring (bicyclic) bond motifs is 1. The third kappa shape index (κ3) is 2.76. The van der Waals surface area contributed by atoms with Crippen molar-refractivity contribution in [1.29, 1.82) is 0 Å². The lowest BCUT2D eigenvalue weighted by Crippen LogP contribution is -2.39. The zero-order chi connectivity index (χ0) is 16.5. The molecule has 3 heterocycles. The number of nitrogens with zero attached hydrogens (tertiary/aromatic N) is 4. The smallest absolute Gasteiger partial charge is 0.154 e. The van der Waals surface area contributed by atoms with Crippen LogP contribution in [0, 0.1) is 6.92 Å². The second-order valence-corrected chi connectivity index (χ2v) is 6.27. The zero-order valence-corrected chi connectivity index (χ0v) is 14.1. The lowest BCUT2D eigenvalue weighted by atomic mass is 10.0. The van der Waals surface area contributed by atoms with Gasteiger partial charge in [-0.15, -0.1) is 0 Å². The van der Waals surface area contributed by atoms with E-state index in [2.05, 4.69) is 52.2 Å². The summed E-state index contributed by atoms with van der Waals surface area (Å²) in [5.41, 5.74) is 4.64. The number of benzene rings is 1. The van der Waals surface area contributed by atoms with Crippen LogP contribution in [0.25, 0.3) is 5.52 Å². The first kappa shape index (κ1) is 15.1. The fourth-order valence-electron chi connectivity index (χ4n) is 3.29. The van der Waals surface area contributed by atoms with Gasteiger partial charge in [0.05, 0.1) is 12.3 Å². The Morgan fingerprint density at radius 2 is 2.08 bits per heavy atom. The average Bonchev–Trinajstić information content (AvgIpc) is 3.02. The quantitative estimate of drug-likeness (QED) is 0.743. The van der Waals surface area contributed by atoms with Gasteiger partial charge in [0.25, 0.3) is 0 Å². The van der Waals surface area contributed by atoms with Crippen LogP contribution >= 0.6 is 0 Å². The van der Waals surface area contributed by atoms with E-state index in [1.165, 1.54) is 11.1 Å². The molecule has 0 N–H and O–H groups in total. The largest absolute Gasteiger partial charge is 0.370 e. The van der Waals surface area contributed by atoms with Gasteiger partial charge in [0.2, 0.25) is 0 Å². The van der Waals surface area contributed by atoms with Gasteiger partial charge in [-0.05, 0) is 30.5 Å². The minimum absolute atomic E-state index is 0.0794. The topological polar surface area (TPSA) is 42.7 Å². The van der Waals surface area contributed by atoms with Crippen molar-refractivity contribution in [2.45, 2.75) is 26.4 Å². The molecule has 1 aromatic carbocycles. The normalized spacial score (nSPS) is 18.2. The van der Waals surface area contributed by atoms with Crippen molar-refractivity contribution in [1.82, 2.24) is 14.6 Å². The molecule has 3 aromatic rings. The van der Waals surface area contributed by atoms with Gasteiger partial charge in [-0.1, -0.05) is 31.2 Å². The molecule has 1 saturated heterocycles. The number of anilines is 1. The third-order valence-corrected chi connectivity index (χ3v) is 4.62. The van der Waals surface area contributed by atoms with E-state index in [9.17, 15) is 0 Å². The molecule has 0 spiro atoms. The highest BCUT2D eigenvalue weighted by Crippen LogP contribution is 2.27. The molecule has 0 aliphatic carbocycles. The van der Waals surface area contributed by atoms with Gasteiger partial charge in [-0.25, -0.2) is 9.50 Å². The molecule has 5 nitrogen and oxygen atoms in total. The van der Waals surface area contributed by atoms with Crippen LogP contribution in [0.4, 0.5) is 5.82 Å². The highest BCUT2D eigenvalue weighted by molar-refractivity contribution is 5.69. The van der Waals surface area contributed by atoms with Crippen molar-refractivity contribution < 1.29 is 4.74 Å². The molecule has 0 amide bonds. The van der Waals surface area contributed by atoms with Gasteiger partial charge in [-0.2, -0.15) is 5.10 Å². The highest BCUT2D eigenvalue weighted by Gasteiger charge is 2.24. The summed E-state index contributed by atoms with van der Waals surface area (Å²) in [6.07, 6.45) is 4.85. The van der Waals surface area contributed by atoms with Crippen molar-refractivity contribution in [3.05, 3.63) is 59.5 Å². The van der Waals surface area contributed by atoms with E-state index in [4.69, 9.17) is 4.74 Å². The Morgan fingerprint density at radius 1 is 1.25 bits per heavy atom. The van der Waals surface area contributed by atoms with Crippen molar-refractivity contribution >= 4 is 11.3 Å². The van der Waals surface area contributed by atoms with Crippen LogP contribution in [-0.4, -0.2) is 34.3 Å². The van der Waals surface area contributed by atoms with Gasteiger partial charge >= 0.3 is 0 Å². The Bertz CT molecular complexity index is 840. The van der Waals surface area contributed by atoms with Crippen LogP contribution in [-0.2, 0) is 11.2 Å². The molecule has 24 heavy (non-hydrogen) atoms. The molecule has 1 aliphatic heterocycles. The van der Waals surface area contributed by atoms with E-state index < -0.39 is 0 Å². The summed E-state index contributed by atoms with van der Waals surface area (Å²) in [6.45, 7) is 6.54. The monoisotopic (exact) mass is 322 g/mol. The van der Waals surface area contributed by atoms with Crippen LogP contribution in [0.2, 0.25) is 0 Å². The Balaban J connectivity index is 1.61. The van der Waals surface area contributed by atoms with Crippen molar-refractivity contribution in [3.8, 4) is 0 Å². The number of morpholine rings is 1. The fourth-order valence-corrected chi connectivity index (χ4v) is 3.29. The number of aromatic nitrogens is 3. The highest BCUT2D eigenvalue weighted by atomic mass is 16.5. The van der Waals surface area contributed by atoms with E-state index in [0.29, 0.717) is 6.61 Å². The van der Waals surface area contributed by atoms with E-state index in [1.54, 1.807) is 0 Å². The molecule has 5 heteroatoms. The maximum Gasteiger partial charge on any atom is 0.154 e. The molecule has 1 unspecified atom stereocenters. The maximum atomic E-state index is 6.01. The number of hydrogen-bond donors (Lipinski definition) is 0. The summed E-state index contributed by atoms with van der Waals surface area (Å²) < 4.78 is 7.92. The predicted octanol–water partition coefficient (Wildman–Crippen LogP) is 3.18. The van der Waals surface area contributed by atoms with Crippen molar-refractivity contribution in [2.75, 3.05) is 24.6 Å². The van der Waals surface area contributed by atoms with E-state index in [1.807, 2.05) is 23.8 Å². The van der Waals surface area contributed by atoms with Crippen LogP contribution in [0.15, 0.2) is 42.7 Å². The molecule has 0 bridgehead atoms. The Labute approximate surface area is 141 Å². The summed E-state index contributed by atoms with van der Waals surface area (Å²) in [5, 5.41) is 4.48. The van der Waals surface area contributed by atoms with Crippen LogP contribution < -0.4 is 4.90 Å². The van der Waals surface area contributed by atoms with Crippen molar-refractivity contribution in [2.24, 2.45) is 0 Å². The van der Waals surface area contributed by atoms with Crippen molar-refractivity contribution in [3.63, 3.8) is 0 Å². The van der Waals surface area contributed by atoms with Crippen LogP contribution in [0.3, 0.4) is 0 Å². The predicted molar refractivity (Wildman–Crippen MR) is 94.5 cm³/mol. The molecule has 0 saturated carbocycles. The standard InChI is InChI=1S/C19H22N4O/c1-3-15-4-6-16(7-5-15)18-13-22(10-11-24-18)19-17-12-14(2)21-23(17)9-8-20-19/h4-9,12,18H,3,10-11,13H2,1-2H3. The second kappa shape index (κ2) is 6.24. The summed E-state index contributed by atoms with van der Waals surface area (Å²) in [4.78, 5) is 6.91. The Hall–Kier alpha value is -2.40. The summed E-state index contributed by atoms with van der Waals surface area (Å²) in [5.74, 6) is 0.983. The number of aryl methyl sites for hydroxylation is 2. The first-order chi connectivity index (χ1) is 11.7. The molecule has 0 radical (unpaired) electrons. The van der Waals surface area contributed by atoms with Crippen LogP contribution in [0.5, 0.6) is 0 Å². The Morgan fingerprint density at radius 3 is 2.88 bits per heavy atom. The molecule has 2 aromatic heterocycles. The van der Waals surface area contributed by atoms with E-state index in [-0.39, 0.29) is 6.10 Å². The summed E-state index contributed by atoms with van der Waals surface area (Å²) >= 11 is 0. The van der Waals surface area contributed by atoms with E-state index in [0.717, 1.165) is 36.5 Å². The van der Waals surface area contributed by atoms with Gasteiger partial charge in [0.15, 0.2) is 5.82 Å². The SMILES string of the molecule is CCc1ccc(C2CN(c3nccn4nc(C)cc34)CCO2)cc1. The summed E-state index contributed by atoms with van der Waals surface area (Å²) in [6, 6.07) is 10.8. The lowest BCUT2D eigenvalue weighted by molar-refractivity contribution is 0.0396. The molecule has 1 fully saturated rings. The first-order valence-electron chi connectivity index (χ1n) is 8.51. The van der Waals surface area contributed by atoms with Gasteiger partial charge in [-0.3, -0.25) is 0 Å². The molecule has 1 atom stereocenters. The lowest BCUT2D eigenvalue weighted by Gasteiger charge is -2.34. The second-order valence-electron chi connectivity index (χ2n) is 6.27. The minimum atomic E-state index is 0.0794. The molecular weight excluding hydrogens is 300 g/mol. The molecule has 4 rings (SSSR count). The fraction of sp³-hybridized carbons (Fsp3) is 0.368. The number of hydrogen-bond acceptors (Lipinski definition) is 4. The third-order valence-electron chi connectivity index (χ3n) is 4.62. The molecule has 1 aliphatic rings. The maximum absolute atomic E-state index is 6.01. The molecular formula is C19H22N4O. The minimum Gasteiger partial charge on any atom is -0.370 e. The van der Waals surface area contributed by atoms with Gasteiger partial charge in [0.1, 0.15) is 11.6 Å². The average molecular weight is 322 g/mol. The van der Waals surface area contributed by atoms with E-state index >= 15 is 0 Å². The summed E-state index contributed by atoms with van der Waals surface area (Å²) in [7, 11) is 0. The van der Waals surface area contributed by atoms with Gasteiger partial charge in [0, 0.05) is 25.5 Å². The van der Waals surface area contributed by atoms with Gasteiger partial charge < -0.3 is 9.64 Å². The Kier molecular flexibility index (Phi) is 3.94. The van der Waals surface area contributed by atoms with Crippen LogP contribution in [0.1, 0.15) is 29.8 Å². The number of ether oxygens (including phenoxy) is 1.